The third-order valence-electron chi connectivity index (χ3n) is 5.62. The fourth-order valence-corrected chi connectivity index (χ4v) is 4.21. The number of hydrazine groups is 1. The lowest BCUT2D eigenvalue weighted by atomic mass is 9.98. The number of fused-ring (bicyclic) bond motifs is 4. The fourth-order valence-electron chi connectivity index (χ4n) is 4.04. The number of aromatic amines is 1. The second-order valence-electron chi connectivity index (χ2n) is 7.68. The van der Waals surface area contributed by atoms with Crippen LogP contribution >= 0.6 is 11.6 Å². The summed E-state index contributed by atoms with van der Waals surface area (Å²) < 4.78 is 0. The summed E-state index contributed by atoms with van der Waals surface area (Å²) in [5, 5.41) is 8.87. The second-order valence-corrected chi connectivity index (χ2v) is 8.11. The molecule has 1 aliphatic heterocycles. The van der Waals surface area contributed by atoms with E-state index in [2.05, 4.69) is 37.5 Å². The second kappa shape index (κ2) is 8.49. The van der Waals surface area contributed by atoms with Gasteiger partial charge in [-0.1, -0.05) is 29.8 Å². The number of hydrogen-bond acceptors (Lipinski definition) is 5. The van der Waals surface area contributed by atoms with E-state index in [4.69, 9.17) is 11.6 Å². The maximum absolute atomic E-state index is 12.6. The number of nitrogens with one attached hydrogen (secondary N) is 5. The van der Waals surface area contributed by atoms with Gasteiger partial charge in [0.2, 0.25) is 0 Å². The number of anilines is 1. The van der Waals surface area contributed by atoms with Gasteiger partial charge in [-0.15, -0.1) is 0 Å². The van der Waals surface area contributed by atoms with E-state index in [1.165, 1.54) is 0 Å². The first-order valence-corrected chi connectivity index (χ1v) is 10.6. The monoisotopic (exact) mass is 448 g/mol. The number of aromatic nitrogens is 2. The average molecular weight is 449 g/mol. The summed E-state index contributed by atoms with van der Waals surface area (Å²) >= 11 is 6.01. The minimum atomic E-state index is -0.427. The first-order valence-electron chi connectivity index (χ1n) is 10.3. The van der Waals surface area contributed by atoms with E-state index in [9.17, 15) is 9.59 Å². The van der Waals surface area contributed by atoms with Gasteiger partial charge in [0.1, 0.15) is 0 Å². The van der Waals surface area contributed by atoms with Crippen molar-refractivity contribution in [2.24, 2.45) is 0 Å². The quantitative estimate of drug-likeness (QED) is 0.308. The van der Waals surface area contributed by atoms with Crippen LogP contribution in [0.25, 0.3) is 21.8 Å². The highest BCUT2D eigenvalue weighted by Crippen LogP contribution is 2.26. The molecule has 32 heavy (non-hydrogen) atoms. The van der Waals surface area contributed by atoms with Crippen molar-refractivity contribution in [2.75, 3.05) is 11.9 Å². The van der Waals surface area contributed by atoms with Crippen LogP contribution in [0.2, 0.25) is 5.02 Å². The van der Waals surface area contributed by atoms with Gasteiger partial charge in [-0.2, -0.15) is 0 Å². The van der Waals surface area contributed by atoms with Crippen LogP contribution < -0.4 is 21.5 Å². The summed E-state index contributed by atoms with van der Waals surface area (Å²) in [5.74, 6) is -0.640. The first-order chi connectivity index (χ1) is 15.6. The summed E-state index contributed by atoms with van der Waals surface area (Å²) in [7, 11) is 0. The van der Waals surface area contributed by atoms with Gasteiger partial charge in [0.15, 0.2) is 0 Å². The number of nitrogens with zero attached hydrogens (tertiary/aromatic N) is 1. The van der Waals surface area contributed by atoms with Gasteiger partial charge >= 0.3 is 0 Å². The van der Waals surface area contributed by atoms with Crippen molar-refractivity contribution in [2.45, 2.75) is 19.0 Å². The van der Waals surface area contributed by atoms with E-state index in [-0.39, 0.29) is 18.4 Å². The normalized spacial score (nSPS) is 15.3. The highest BCUT2D eigenvalue weighted by atomic mass is 35.5. The van der Waals surface area contributed by atoms with Crippen molar-refractivity contribution in [3.05, 3.63) is 71.0 Å². The molecule has 0 saturated carbocycles. The lowest BCUT2D eigenvalue weighted by Crippen LogP contribution is -2.53. The molecule has 2 aromatic heterocycles. The molecule has 0 saturated heterocycles. The molecule has 0 bridgehead atoms. The Morgan fingerprint density at radius 3 is 2.88 bits per heavy atom. The molecular formula is C23H21ClN6O2. The number of rotatable bonds is 4. The minimum Gasteiger partial charge on any atom is -0.376 e. The van der Waals surface area contributed by atoms with Gasteiger partial charge < -0.3 is 10.3 Å². The molecule has 3 heterocycles. The lowest BCUT2D eigenvalue weighted by molar-refractivity contribution is -0.129. The maximum Gasteiger partial charge on any atom is 0.257 e. The number of para-hydroxylation sites is 1. The summed E-state index contributed by atoms with van der Waals surface area (Å²) in [6.07, 6.45) is 2.19. The van der Waals surface area contributed by atoms with Crippen molar-refractivity contribution in [1.82, 2.24) is 26.1 Å². The Morgan fingerprint density at radius 1 is 1.09 bits per heavy atom. The molecule has 2 amide bonds. The number of pyridine rings is 1. The molecule has 8 nitrogen and oxygen atoms in total. The van der Waals surface area contributed by atoms with Gasteiger partial charge in [0.05, 0.1) is 18.1 Å². The zero-order chi connectivity index (χ0) is 22.1. The van der Waals surface area contributed by atoms with Crippen LogP contribution in [0.4, 0.5) is 5.69 Å². The topological polar surface area (TPSA) is 111 Å². The van der Waals surface area contributed by atoms with Crippen LogP contribution in [0.3, 0.4) is 0 Å². The van der Waals surface area contributed by atoms with Crippen molar-refractivity contribution < 1.29 is 9.59 Å². The summed E-state index contributed by atoms with van der Waals surface area (Å²) in [5.41, 5.74) is 9.78. The third-order valence-corrected chi connectivity index (χ3v) is 5.86. The van der Waals surface area contributed by atoms with E-state index < -0.39 is 6.04 Å². The molecule has 0 aliphatic carbocycles. The number of halogens is 1. The van der Waals surface area contributed by atoms with Crippen molar-refractivity contribution in [1.29, 1.82) is 0 Å². The standard InChI is InChI=1S/C23H21ClN6O2/c24-13-5-6-15-17(7-8-25-19(15)9-13)27-12-22(31)29-30-23(32)20-10-16-14-3-1-2-4-18(14)28-21(16)11-26-20/h1-9,20,26,28H,10-12H2,(H,25,27)(H,29,31)(H,30,32). The van der Waals surface area contributed by atoms with Crippen LogP contribution in [0, 0.1) is 0 Å². The number of carbonyl (C=O) groups excluding carboxylic acids is 2. The zero-order valence-electron chi connectivity index (χ0n) is 17.0. The van der Waals surface area contributed by atoms with Crippen molar-refractivity contribution >= 4 is 50.9 Å². The molecule has 1 aliphatic rings. The fraction of sp³-hybridized carbons (Fsp3) is 0.174. The SMILES string of the molecule is O=C(CNc1ccnc2cc(Cl)ccc12)NNC(=O)C1Cc2c([nH]c3ccccc23)CN1. The predicted octanol–water partition coefficient (Wildman–Crippen LogP) is 2.64. The number of benzene rings is 2. The van der Waals surface area contributed by atoms with E-state index in [0.29, 0.717) is 18.0 Å². The molecule has 1 atom stereocenters. The molecule has 5 rings (SSSR count). The van der Waals surface area contributed by atoms with Crippen molar-refractivity contribution in [3.63, 3.8) is 0 Å². The number of amides is 2. The number of H-pyrrole nitrogens is 1. The molecule has 0 radical (unpaired) electrons. The molecule has 2 aromatic carbocycles. The van der Waals surface area contributed by atoms with Crippen molar-refractivity contribution in [3.8, 4) is 0 Å². The highest BCUT2D eigenvalue weighted by molar-refractivity contribution is 6.31. The molecule has 5 N–H and O–H groups in total. The molecule has 0 fully saturated rings. The zero-order valence-corrected chi connectivity index (χ0v) is 17.8. The number of carbonyl (C=O) groups is 2. The van der Waals surface area contributed by atoms with Gasteiger partial charge in [-0.05, 0) is 42.3 Å². The van der Waals surface area contributed by atoms with Crippen LogP contribution in [0.15, 0.2) is 54.7 Å². The van der Waals surface area contributed by atoms with E-state index in [1.807, 2.05) is 24.3 Å². The molecule has 0 spiro atoms. The Labute approximate surface area is 188 Å². The summed E-state index contributed by atoms with van der Waals surface area (Å²) in [6, 6.07) is 14.8. The average Bonchev–Trinajstić information content (AvgIpc) is 3.18. The Hall–Kier alpha value is -3.62. The van der Waals surface area contributed by atoms with Crippen LogP contribution in [0.5, 0.6) is 0 Å². The predicted molar refractivity (Wildman–Crippen MR) is 124 cm³/mol. The highest BCUT2D eigenvalue weighted by Gasteiger charge is 2.27. The Morgan fingerprint density at radius 2 is 1.97 bits per heavy atom. The van der Waals surface area contributed by atoms with Gasteiger partial charge in [0, 0.05) is 45.4 Å². The lowest BCUT2D eigenvalue weighted by Gasteiger charge is -2.23. The molecule has 9 heteroatoms. The minimum absolute atomic E-state index is 0.00723. The molecule has 1 unspecified atom stereocenters. The largest absolute Gasteiger partial charge is 0.376 e. The maximum atomic E-state index is 12.6. The Balaban J connectivity index is 1.17. The van der Waals surface area contributed by atoms with E-state index in [1.54, 1.807) is 24.4 Å². The van der Waals surface area contributed by atoms with Gasteiger partial charge in [-0.3, -0.25) is 30.7 Å². The Bertz CT molecular complexity index is 1330. The third kappa shape index (κ3) is 3.98. The molecule has 162 valence electrons. The summed E-state index contributed by atoms with van der Waals surface area (Å²) in [4.78, 5) is 32.6. The van der Waals surface area contributed by atoms with E-state index >= 15 is 0 Å². The van der Waals surface area contributed by atoms with Crippen LogP contribution in [-0.2, 0) is 22.6 Å². The molecular weight excluding hydrogens is 428 g/mol. The molecule has 4 aromatic rings. The Kier molecular flexibility index (Phi) is 5.38. The summed E-state index contributed by atoms with van der Waals surface area (Å²) in [6.45, 7) is 0.559. The number of hydrogen-bond donors (Lipinski definition) is 5. The van der Waals surface area contributed by atoms with Gasteiger partial charge in [-0.25, -0.2) is 0 Å². The first kappa shape index (κ1) is 20.3. The smallest absolute Gasteiger partial charge is 0.257 e. The van der Waals surface area contributed by atoms with E-state index in [0.717, 1.165) is 38.8 Å². The van der Waals surface area contributed by atoms with Crippen LogP contribution in [-0.4, -0.2) is 34.4 Å². The van der Waals surface area contributed by atoms with Gasteiger partial charge in [0.25, 0.3) is 11.8 Å². The van der Waals surface area contributed by atoms with Crippen LogP contribution in [0.1, 0.15) is 11.3 Å².